The average molecular weight is 318 g/mol. The SMILES string of the molecule is Cc1cnn(Cc2cc(C(=O)NC(CC3CC3)C(=O)O)no2)c1. The van der Waals surface area contributed by atoms with Gasteiger partial charge in [0.25, 0.3) is 5.91 Å². The summed E-state index contributed by atoms with van der Waals surface area (Å²) >= 11 is 0. The lowest BCUT2D eigenvalue weighted by Crippen LogP contribution is -2.41. The second-order valence-corrected chi connectivity index (χ2v) is 5.94. The highest BCUT2D eigenvalue weighted by Gasteiger charge is 2.31. The number of aliphatic carboxylic acids is 1. The second kappa shape index (κ2) is 6.23. The molecule has 122 valence electrons. The standard InChI is InChI=1S/C15H18N4O4/c1-9-6-16-19(7-9)8-11-5-12(18-23-11)14(20)17-13(15(21)22)4-10-2-3-10/h5-7,10,13H,2-4,8H2,1H3,(H,17,20)(H,21,22). The molecule has 2 aromatic heterocycles. The maximum absolute atomic E-state index is 12.1. The van der Waals surface area contributed by atoms with Crippen LogP contribution in [0.15, 0.2) is 23.0 Å². The summed E-state index contributed by atoms with van der Waals surface area (Å²) in [5.74, 6) is -0.690. The molecule has 1 saturated carbocycles. The van der Waals surface area contributed by atoms with E-state index < -0.39 is 17.9 Å². The quantitative estimate of drug-likeness (QED) is 0.794. The Morgan fingerprint density at radius 2 is 2.30 bits per heavy atom. The van der Waals surface area contributed by atoms with Crippen LogP contribution in [-0.2, 0) is 11.3 Å². The van der Waals surface area contributed by atoms with Crippen LogP contribution in [0.4, 0.5) is 0 Å². The molecule has 0 aromatic carbocycles. The molecule has 8 heteroatoms. The zero-order chi connectivity index (χ0) is 16.4. The fraction of sp³-hybridized carbons (Fsp3) is 0.467. The van der Waals surface area contributed by atoms with Gasteiger partial charge in [-0.25, -0.2) is 4.79 Å². The van der Waals surface area contributed by atoms with Crippen LogP contribution in [0.1, 0.15) is 41.1 Å². The molecule has 1 fully saturated rings. The molecule has 0 bridgehead atoms. The Bertz CT molecular complexity index is 717. The number of carboxylic acid groups (broad SMARTS) is 1. The number of aryl methyl sites for hydroxylation is 1. The van der Waals surface area contributed by atoms with Gasteiger partial charge in [0.05, 0.1) is 6.20 Å². The molecule has 1 atom stereocenters. The summed E-state index contributed by atoms with van der Waals surface area (Å²) in [5, 5.41) is 19.5. The molecular formula is C15H18N4O4. The number of carbonyl (C=O) groups excluding carboxylic acids is 1. The minimum atomic E-state index is -1.03. The fourth-order valence-electron chi connectivity index (χ4n) is 2.35. The molecule has 8 nitrogen and oxygen atoms in total. The van der Waals surface area contributed by atoms with Gasteiger partial charge >= 0.3 is 5.97 Å². The molecule has 0 saturated heterocycles. The van der Waals surface area contributed by atoms with Crippen molar-refractivity contribution < 1.29 is 19.2 Å². The molecule has 1 aliphatic carbocycles. The first kappa shape index (κ1) is 15.3. The van der Waals surface area contributed by atoms with Crippen LogP contribution in [0.2, 0.25) is 0 Å². The summed E-state index contributed by atoms with van der Waals surface area (Å²) in [7, 11) is 0. The van der Waals surface area contributed by atoms with Crippen LogP contribution >= 0.6 is 0 Å². The van der Waals surface area contributed by atoms with E-state index in [9.17, 15) is 14.7 Å². The molecule has 0 aliphatic heterocycles. The van der Waals surface area contributed by atoms with Gasteiger partial charge in [0.1, 0.15) is 12.6 Å². The van der Waals surface area contributed by atoms with Crippen LogP contribution < -0.4 is 5.32 Å². The van der Waals surface area contributed by atoms with Crippen molar-refractivity contribution in [2.24, 2.45) is 5.92 Å². The number of rotatable bonds is 7. The zero-order valence-electron chi connectivity index (χ0n) is 12.7. The molecule has 2 aromatic rings. The van der Waals surface area contributed by atoms with E-state index >= 15 is 0 Å². The highest BCUT2D eigenvalue weighted by Crippen LogP contribution is 2.33. The van der Waals surface area contributed by atoms with E-state index in [1.807, 2.05) is 13.1 Å². The lowest BCUT2D eigenvalue weighted by atomic mass is 10.1. The predicted octanol–water partition coefficient (Wildman–Crippen LogP) is 1.21. The van der Waals surface area contributed by atoms with Crippen LogP contribution in [-0.4, -0.2) is 38.0 Å². The molecule has 23 heavy (non-hydrogen) atoms. The van der Waals surface area contributed by atoms with Gasteiger partial charge < -0.3 is 14.9 Å². The summed E-state index contributed by atoms with van der Waals surface area (Å²) < 4.78 is 6.79. The van der Waals surface area contributed by atoms with Crippen LogP contribution in [0.3, 0.4) is 0 Å². The first-order valence-electron chi connectivity index (χ1n) is 7.49. The fourth-order valence-corrected chi connectivity index (χ4v) is 2.35. The highest BCUT2D eigenvalue weighted by atomic mass is 16.5. The van der Waals surface area contributed by atoms with E-state index in [2.05, 4.69) is 15.6 Å². The predicted molar refractivity (Wildman–Crippen MR) is 78.8 cm³/mol. The average Bonchev–Trinajstić information content (AvgIpc) is 3.03. The normalized spacial score (nSPS) is 15.3. The third-order valence-corrected chi connectivity index (χ3v) is 3.74. The smallest absolute Gasteiger partial charge is 0.326 e. The van der Waals surface area contributed by atoms with E-state index in [-0.39, 0.29) is 5.69 Å². The van der Waals surface area contributed by atoms with Crippen LogP contribution in [0, 0.1) is 12.8 Å². The molecule has 1 aliphatic rings. The number of nitrogens with one attached hydrogen (secondary N) is 1. The van der Waals surface area contributed by atoms with Gasteiger partial charge in [-0.3, -0.25) is 9.48 Å². The molecule has 0 radical (unpaired) electrons. The van der Waals surface area contributed by atoms with Crippen molar-refractivity contribution in [1.82, 2.24) is 20.3 Å². The van der Waals surface area contributed by atoms with Gasteiger partial charge in [-0.2, -0.15) is 5.10 Å². The number of aromatic nitrogens is 3. The summed E-state index contributed by atoms with van der Waals surface area (Å²) in [4.78, 5) is 23.3. The summed E-state index contributed by atoms with van der Waals surface area (Å²) in [5.41, 5.74) is 1.10. The highest BCUT2D eigenvalue weighted by molar-refractivity contribution is 5.94. The van der Waals surface area contributed by atoms with E-state index in [4.69, 9.17) is 4.52 Å². The van der Waals surface area contributed by atoms with Crippen molar-refractivity contribution in [2.75, 3.05) is 0 Å². The number of carboxylic acids is 1. The Balaban J connectivity index is 1.61. The molecule has 0 spiro atoms. The first-order valence-corrected chi connectivity index (χ1v) is 7.49. The Morgan fingerprint density at radius 3 is 2.91 bits per heavy atom. The molecular weight excluding hydrogens is 300 g/mol. The minimum absolute atomic E-state index is 0.0749. The number of amides is 1. The second-order valence-electron chi connectivity index (χ2n) is 5.94. The lowest BCUT2D eigenvalue weighted by Gasteiger charge is -2.12. The molecule has 2 heterocycles. The number of nitrogens with zero attached hydrogens (tertiary/aromatic N) is 3. The minimum Gasteiger partial charge on any atom is -0.480 e. The van der Waals surface area contributed by atoms with Gasteiger partial charge in [0.2, 0.25) is 0 Å². The molecule has 1 unspecified atom stereocenters. The van der Waals surface area contributed by atoms with Crippen LogP contribution in [0.25, 0.3) is 0 Å². The van der Waals surface area contributed by atoms with Gasteiger partial charge in [0, 0.05) is 12.3 Å². The van der Waals surface area contributed by atoms with E-state index in [0.717, 1.165) is 18.4 Å². The first-order chi connectivity index (χ1) is 11.0. The number of hydrogen-bond acceptors (Lipinski definition) is 5. The Morgan fingerprint density at radius 1 is 1.52 bits per heavy atom. The van der Waals surface area contributed by atoms with Crippen molar-refractivity contribution in [1.29, 1.82) is 0 Å². The van der Waals surface area contributed by atoms with Crippen molar-refractivity contribution >= 4 is 11.9 Å². The third-order valence-electron chi connectivity index (χ3n) is 3.74. The Kier molecular flexibility index (Phi) is 4.14. The van der Waals surface area contributed by atoms with Crippen molar-refractivity contribution in [3.05, 3.63) is 35.5 Å². The van der Waals surface area contributed by atoms with Gasteiger partial charge in [-0.1, -0.05) is 18.0 Å². The molecule has 3 rings (SSSR count). The summed E-state index contributed by atoms with van der Waals surface area (Å²) in [6.07, 6.45) is 6.07. The maximum atomic E-state index is 12.1. The van der Waals surface area contributed by atoms with Gasteiger partial charge in [0.15, 0.2) is 11.5 Å². The maximum Gasteiger partial charge on any atom is 0.326 e. The topological polar surface area (TPSA) is 110 Å². The van der Waals surface area contributed by atoms with E-state index in [1.165, 1.54) is 6.07 Å². The van der Waals surface area contributed by atoms with E-state index in [1.54, 1.807) is 10.9 Å². The number of hydrogen-bond donors (Lipinski definition) is 2. The summed E-state index contributed by atoms with van der Waals surface area (Å²) in [6, 6.07) is 0.617. The van der Waals surface area contributed by atoms with Crippen LogP contribution in [0.5, 0.6) is 0 Å². The van der Waals surface area contributed by atoms with Crippen molar-refractivity contribution in [3.63, 3.8) is 0 Å². The zero-order valence-corrected chi connectivity index (χ0v) is 12.7. The number of carbonyl (C=O) groups is 2. The largest absolute Gasteiger partial charge is 0.480 e. The monoisotopic (exact) mass is 318 g/mol. The van der Waals surface area contributed by atoms with Gasteiger partial charge in [-0.05, 0) is 24.8 Å². The van der Waals surface area contributed by atoms with Crippen molar-refractivity contribution in [2.45, 2.75) is 38.8 Å². The Hall–Kier alpha value is -2.64. The van der Waals surface area contributed by atoms with Gasteiger partial charge in [-0.15, -0.1) is 0 Å². The molecule has 2 N–H and O–H groups in total. The Labute approximate surface area is 132 Å². The van der Waals surface area contributed by atoms with Crippen molar-refractivity contribution in [3.8, 4) is 0 Å². The lowest BCUT2D eigenvalue weighted by molar-refractivity contribution is -0.139. The molecule has 1 amide bonds. The third kappa shape index (κ3) is 3.97. The van der Waals surface area contributed by atoms with E-state index in [0.29, 0.717) is 24.6 Å². The summed E-state index contributed by atoms with van der Waals surface area (Å²) in [6.45, 7) is 2.28.